The Kier molecular flexibility index (Phi) is 7.98. The van der Waals surface area contributed by atoms with E-state index in [1.165, 1.54) is 6.07 Å². The number of hydrogen-bond donors (Lipinski definition) is 2. The molecule has 3 rings (SSSR count). The summed E-state index contributed by atoms with van der Waals surface area (Å²) in [5, 5.41) is 6.64. The van der Waals surface area contributed by atoms with Crippen molar-refractivity contribution in [2.75, 3.05) is 36.8 Å². The number of halogens is 1. The molecule has 2 unspecified atom stereocenters. The van der Waals surface area contributed by atoms with Gasteiger partial charge in [0.15, 0.2) is 17.6 Å². The number of guanidine groups is 1. The van der Waals surface area contributed by atoms with Gasteiger partial charge in [0.2, 0.25) is 0 Å². The van der Waals surface area contributed by atoms with Crippen molar-refractivity contribution in [3.63, 3.8) is 0 Å². The first-order valence-electron chi connectivity index (χ1n) is 9.95. The summed E-state index contributed by atoms with van der Waals surface area (Å²) in [6.45, 7) is 4.64. The third kappa shape index (κ3) is 6.52. The fourth-order valence-corrected chi connectivity index (χ4v) is 4.29. The van der Waals surface area contributed by atoms with Crippen LogP contribution in [0.5, 0.6) is 0 Å². The Morgan fingerprint density at radius 3 is 2.90 bits per heavy atom. The monoisotopic (exact) mass is 417 g/mol. The fourth-order valence-electron chi connectivity index (χ4n) is 3.29. The summed E-state index contributed by atoms with van der Waals surface area (Å²) in [4.78, 5) is 10.7. The molecule has 1 aromatic heterocycles. The van der Waals surface area contributed by atoms with E-state index in [0.717, 1.165) is 25.1 Å². The van der Waals surface area contributed by atoms with Crippen LogP contribution in [-0.2, 0) is 16.6 Å². The molecule has 2 heterocycles. The van der Waals surface area contributed by atoms with Crippen LogP contribution in [0.2, 0.25) is 0 Å². The third-order valence-electron chi connectivity index (χ3n) is 4.67. The predicted octanol–water partition coefficient (Wildman–Crippen LogP) is 2.30. The number of aliphatic imine (C=N–C) groups is 1. The third-order valence-corrected chi connectivity index (χ3v) is 5.96. The first-order valence-corrected chi connectivity index (χ1v) is 11.4. The van der Waals surface area contributed by atoms with Crippen molar-refractivity contribution in [3.8, 4) is 0 Å². The lowest BCUT2D eigenvalue weighted by atomic mass is 10.2. The second kappa shape index (κ2) is 10.9. The standard InChI is InChI=1S/C21H28FN5OS/c1-2-23-21(25-12-14-29(28)16-17-7-4-3-5-8-17)26-18-10-13-27(15-18)20-19(22)9-6-11-24-20/h3-9,11,18H,2,10,12-16H2,1H3,(H2,23,25,26). The fraction of sp³-hybridized carbons (Fsp3) is 0.429. The molecule has 2 N–H and O–H groups in total. The molecule has 8 heteroatoms. The lowest BCUT2D eigenvalue weighted by molar-refractivity contribution is 0.612. The van der Waals surface area contributed by atoms with Gasteiger partial charge in [-0.05, 0) is 31.0 Å². The average molecular weight is 418 g/mol. The van der Waals surface area contributed by atoms with Crippen molar-refractivity contribution in [1.29, 1.82) is 0 Å². The number of benzene rings is 1. The zero-order valence-electron chi connectivity index (χ0n) is 16.7. The highest BCUT2D eigenvalue weighted by molar-refractivity contribution is 7.84. The van der Waals surface area contributed by atoms with Crippen LogP contribution >= 0.6 is 0 Å². The van der Waals surface area contributed by atoms with Crippen molar-refractivity contribution in [3.05, 3.63) is 60.0 Å². The van der Waals surface area contributed by atoms with E-state index in [2.05, 4.69) is 20.6 Å². The molecule has 156 valence electrons. The Labute approximate surface area is 174 Å². The quantitative estimate of drug-likeness (QED) is 0.510. The van der Waals surface area contributed by atoms with Crippen LogP contribution in [0.4, 0.5) is 10.2 Å². The molecule has 1 aromatic carbocycles. The minimum atomic E-state index is -0.949. The summed E-state index contributed by atoms with van der Waals surface area (Å²) in [6, 6.07) is 13.0. The largest absolute Gasteiger partial charge is 0.357 e. The summed E-state index contributed by atoms with van der Waals surface area (Å²) >= 11 is 0. The molecule has 2 atom stereocenters. The van der Waals surface area contributed by atoms with E-state index < -0.39 is 10.8 Å². The van der Waals surface area contributed by atoms with Gasteiger partial charge in [-0.25, -0.2) is 9.37 Å². The topological polar surface area (TPSA) is 69.6 Å². The van der Waals surface area contributed by atoms with Crippen molar-refractivity contribution in [2.45, 2.75) is 25.1 Å². The highest BCUT2D eigenvalue weighted by atomic mass is 32.2. The van der Waals surface area contributed by atoms with Crippen molar-refractivity contribution < 1.29 is 8.60 Å². The van der Waals surface area contributed by atoms with Gasteiger partial charge in [0, 0.05) is 54.2 Å². The van der Waals surface area contributed by atoms with Crippen molar-refractivity contribution in [2.24, 2.45) is 4.99 Å². The van der Waals surface area contributed by atoms with Crippen LogP contribution in [0.3, 0.4) is 0 Å². The van der Waals surface area contributed by atoms with Gasteiger partial charge in [0.25, 0.3) is 0 Å². The van der Waals surface area contributed by atoms with Crippen LogP contribution in [0.15, 0.2) is 53.7 Å². The maximum Gasteiger partial charge on any atom is 0.191 e. The van der Waals surface area contributed by atoms with Crippen LogP contribution in [0.25, 0.3) is 0 Å². The molecule has 0 bridgehead atoms. The molecule has 0 amide bonds. The molecule has 29 heavy (non-hydrogen) atoms. The van der Waals surface area contributed by atoms with Crippen molar-refractivity contribution >= 4 is 22.6 Å². The van der Waals surface area contributed by atoms with E-state index in [1.807, 2.05) is 42.2 Å². The van der Waals surface area contributed by atoms with Crippen LogP contribution < -0.4 is 15.5 Å². The van der Waals surface area contributed by atoms with E-state index in [0.29, 0.717) is 36.4 Å². The number of rotatable bonds is 8. The summed E-state index contributed by atoms with van der Waals surface area (Å²) in [6.07, 6.45) is 2.49. The average Bonchev–Trinajstić information content (AvgIpc) is 3.17. The van der Waals surface area contributed by atoms with Gasteiger partial charge in [-0.15, -0.1) is 0 Å². The summed E-state index contributed by atoms with van der Waals surface area (Å²) < 4.78 is 26.2. The maximum absolute atomic E-state index is 14.0. The first-order chi connectivity index (χ1) is 14.2. The molecule has 2 aromatic rings. The van der Waals surface area contributed by atoms with E-state index in [9.17, 15) is 8.60 Å². The smallest absolute Gasteiger partial charge is 0.191 e. The Balaban J connectivity index is 1.49. The zero-order chi connectivity index (χ0) is 20.5. The summed E-state index contributed by atoms with van der Waals surface area (Å²) in [5.41, 5.74) is 1.08. The molecule has 0 aliphatic carbocycles. The predicted molar refractivity (Wildman–Crippen MR) is 117 cm³/mol. The van der Waals surface area contributed by atoms with E-state index in [4.69, 9.17) is 0 Å². The second-order valence-electron chi connectivity index (χ2n) is 6.92. The Hall–Kier alpha value is -2.48. The summed E-state index contributed by atoms with van der Waals surface area (Å²) in [7, 11) is -0.949. The molecular formula is C21H28FN5OS. The second-order valence-corrected chi connectivity index (χ2v) is 8.50. The Bertz CT molecular complexity index is 833. The zero-order valence-corrected chi connectivity index (χ0v) is 17.5. The molecule has 0 saturated carbocycles. The molecule has 6 nitrogen and oxygen atoms in total. The van der Waals surface area contributed by atoms with Crippen LogP contribution in [-0.4, -0.2) is 53.1 Å². The molecule has 1 aliphatic heterocycles. The Morgan fingerprint density at radius 1 is 1.31 bits per heavy atom. The van der Waals surface area contributed by atoms with E-state index in [1.54, 1.807) is 12.3 Å². The molecular weight excluding hydrogens is 389 g/mol. The SMILES string of the molecule is CCNC(=NCCS(=O)Cc1ccccc1)NC1CCN(c2ncccc2F)C1. The van der Waals surface area contributed by atoms with Crippen LogP contribution in [0.1, 0.15) is 18.9 Å². The molecule has 0 radical (unpaired) electrons. The lowest BCUT2D eigenvalue weighted by Crippen LogP contribution is -2.45. The maximum atomic E-state index is 14.0. The van der Waals surface area contributed by atoms with Gasteiger partial charge in [0.05, 0.1) is 6.54 Å². The number of anilines is 1. The highest BCUT2D eigenvalue weighted by Crippen LogP contribution is 2.20. The van der Waals surface area contributed by atoms with E-state index in [-0.39, 0.29) is 11.9 Å². The van der Waals surface area contributed by atoms with Gasteiger partial charge in [0.1, 0.15) is 0 Å². The molecule has 0 spiro atoms. The summed E-state index contributed by atoms with van der Waals surface area (Å²) in [5.74, 6) is 1.87. The number of nitrogens with one attached hydrogen (secondary N) is 2. The number of nitrogens with zero attached hydrogens (tertiary/aromatic N) is 3. The van der Waals surface area contributed by atoms with Gasteiger partial charge in [-0.1, -0.05) is 30.3 Å². The molecule has 1 saturated heterocycles. The van der Waals surface area contributed by atoms with E-state index >= 15 is 0 Å². The van der Waals surface area contributed by atoms with Gasteiger partial charge in [-0.2, -0.15) is 0 Å². The van der Waals surface area contributed by atoms with Gasteiger partial charge >= 0.3 is 0 Å². The number of pyridine rings is 1. The van der Waals surface area contributed by atoms with Crippen molar-refractivity contribution in [1.82, 2.24) is 15.6 Å². The normalized spacial score (nSPS) is 17.9. The lowest BCUT2D eigenvalue weighted by Gasteiger charge is -2.19. The minimum Gasteiger partial charge on any atom is -0.357 e. The van der Waals surface area contributed by atoms with Gasteiger partial charge < -0.3 is 15.5 Å². The minimum absolute atomic E-state index is 0.157. The molecule has 1 aliphatic rings. The van der Waals surface area contributed by atoms with Gasteiger partial charge in [-0.3, -0.25) is 9.20 Å². The number of aromatic nitrogens is 1. The first kappa shape index (κ1) is 21.2. The highest BCUT2D eigenvalue weighted by Gasteiger charge is 2.25. The Morgan fingerprint density at radius 2 is 2.14 bits per heavy atom. The number of hydrogen-bond acceptors (Lipinski definition) is 4. The molecule has 1 fully saturated rings. The van der Waals surface area contributed by atoms with Crippen LogP contribution in [0, 0.1) is 5.82 Å².